The van der Waals surface area contributed by atoms with Crippen molar-refractivity contribution in [1.29, 1.82) is 0 Å². The number of hydrogen-bond donors (Lipinski definition) is 2. The van der Waals surface area contributed by atoms with Gasteiger partial charge in [-0.3, -0.25) is 14.8 Å². The molecule has 3 rings (SSSR count). The third-order valence-electron chi connectivity index (χ3n) is 3.95. The van der Waals surface area contributed by atoms with E-state index in [9.17, 15) is 15.2 Å². The fourth-order valence-electron chi connectivity index (χ4n) is 2.97. The number of nitrogens with one attached hydrogen (secondary N) is 1. The van der Waals surface area contributed by atoms with E-state index >= 15 is 0 Å². The first kappa shape index (κ1) is 13.5. The molecule has 4 atom stereocenters. The predicted octanol–water partition coefficient (Wildman–Crippen LogP) is 0.0617. The zero-order chi connectivity index (χ0) is 14.1. The van der Waals surface area contributed by atoms with Gasteiger partial charge in [0.1, 0.15) is 12.4 Å². The second kappa shape index (κ2) is 5.47. The Hall–Kier alpha value is -1.51. The van der Waals surface area contributed by atoms with Crippen LogP contribution in [0.15, 0.2) is 12.4 Å². The van der Waals surface area contributed by atoms with E-state index in [1.54, 1.807) is 0 Å². The van der Waals surface area contributed by atoms with Gasteiger partial charge in [-0.2, -0.15) is 5.10 Å². The molecule has 2 aliphatic heterocycles. The van der Waals surface area contributed by atoms with Gasteiger partial charge < -0.3 is 15.2 Å². The molecular weight excluding hydrogens is 264 g/mol. The first-order valence-electron chi connectivity index (χ1n) is 6.85. The van der Waals surface area contributed by atoms with Crippen molar-refractivity contribution in [2.24, 2.45) is 0 Å². The van der Waals surface area contributed by atoms with E-state index in [1.165, 1.54) is 17.1 Å². The minimum Gasteiger partial charge on any atom is -0.390 e. The van der Waals surface area contributed by atoms with Gasteiger partial charge in [0.2, 0.25) is 0 Å². The van der Waals surface area contributed by atoms with Gasteiger partial charge in [0.15, 0.2) is 0 Å². The van der Waals surface area contributed by atoms with Crippen LogP contribution in [0.4, 0.5) is 5.69 Å². The van der Waals surface area contributed by atoms with Crippen molar-refractivity contribution in [2.45, 2.75) is 50.2 Å². The van der Waals surface area contributed by atoms with Crippen molar-refractivity contribution in [3.05, 3.63) is 22.5 Å². The highest BCUT2D eigenvalue weighted by Crippen LogP contribution is 2.34. The number of fused-ring (bicyclic) bond motifs is 2. The second-order valence-corrected chi connectivity index (χ2v) is 5.46. The summed E-state index contributed by atoms with van der Waals surface area (Å²) in [6.07, 6.45) is 5.76. The lowest BCUT2D eigenvalue weighted by Gasteiger charge is -2.21. The average Bonchev–Trinajstić information content (AvgIpc) is 3.11. The molecule has 2 aliphatic rings. The Kier molecular flexibility index (Phi) is 3.68. The summed E-state index contributed by atoms with van der Waals surface area (Å²) < 4.78 is 7.12. The molecule has 0 spiro atoms. The van der Waals surface area contributed by atoms with Gasteiger partial charge in [-0.05, 0) is 19.3 Å². The fourth-order valence-corrected chi connectivity index (χ4v) is 2.97. The number of rotatable bonds is 6. The molecule has 0 aliphatic carbocycles. The normalized spacial score (nSPS) is 29.8. The molecule has 0 saturated carbocycles. The number of hydrogen-bond acceptors (Lipinski definition) is 6. The van der Waals surface area contributed by atoms with Crippen LogP contribution in [0.2, 0.25) is 0 Å². The van der Waals surface area contributed by atoms with E-state index in [1.807, 2.05) is 0 Å². The van der Waals surface area contributed by atoms with Crippen LogP contribution in [0.5, 0.6) is 0 Å². The van der Waals surface area contributed by atoms with Crippen LogP contribution in [-0.4, -0.2) is 50.7 Å². The van der Waals surface area contributed by atoms with Gasteiger partial charge in [-0.25, -0.2) is 0 Å². The van der Waals surface area contributed by atoms with Gasteiger partial charge in [0, 0.05) is 12.6 Å². The van der Waals surface area contributed by atoms with Crippen molar-refractivity contribution in [2.75, 3.05) is 6.54 Å². The molecule has 0 amide bonds. The minimum atomic E-state index is -0.631. The summed E-state index contributed by atoms with van der Waals surface area (Å²) >= 11 is 0. The molecule has 0 aromatic carbocycles. The monoisotopic (exact) mass is 282 g/mol. The van der Waals surface area contributed by atoms with Crippen molar-refractivity contribution in [3.63, 3.8) is 0 Å². The first-order valence-corrected chi connectivity index (χ1v) is 6.85. The predicted molar refractivity (Wildman–Crippen MR) is 69.2 cm³/mol. The molecule has 20 heavy (non-hydrogen) atoms. The fraction of sp³-hybridized carbons (Fsp3) is 0.750. The molecule has 2 bridgehead atoms. The maximum atomic E-state index is 10.5. The Bertz CT molecular complexity index is 492. The Balaban J connectivity index is 1.45. The highest BCUT2D eigenvalue weighted by Gasteiger charge is 2.40. The number of nitro groups is 1. The van der Waals surface area contributed by atoms with Crippen LogP contribution in [0.3, 0.4) is 0 Å². The average molecular weight is 282 g/mol. The molecule has 0 radical (unpaired) electrons. The highest BCUT2D eigenvalue weighted by molar-refractivity contribution is 5.20. The van der Waals surface area contributed by atoms with Crippen molar-refractivity contribution < 1.29 is 14.8 Å². The molecule has 4 unspecified atom stereocenters. The summed E-state index contributed by atoms with van der Waals surface area (Å²) in [6.45, 7) is 0.674. The molecule has 2 N–H and O–H groups in total. The number of aliphatic hydroxyl groups excluding tert-OH is 1. The van der Waals surface area contributed by atoms with Gasteiger partial charge in [-0.1, -0.05) is 0 Å². The number of ether oxygens (including phenoxy) is 1. The maximum Gasteiger partial charge on any atom is 0.306 e. The second-order valence-electron chi connectivity index (χ2n) is 5.46. The van der Waals surface area contributed by atoms with Crippen molar-refractivity contribution in [1.82, 2.24) is 15.1 Å². The third kappa shape index (κ3) is 2.82. The first-order chi connectivity index (χ1) is 9.61. The van der Waals surface area contributed by atoms with Crippen molar-refractivity contribution >= 4 is 5.69 Å². The van der Waals surface area contributed by atoms with Crippen LogP contribution in [0.1, 0.15) is 19.3 Å². The lowest BCUT2D eigenvalue weighted by Crippen LogP contribution is -2.42. The van der Waals surface area contributed by atoms with Crippen LogP contribution >= 0.6 is 0 Å². The van der Waals surface area contributed by atoms with E-state index in [0.717, 1.165) is 19.3 Å². The lowest BCUT2D eigenvalue weighted by molar-refractivity contribution is -0.385. The van der Waals surface area contributed by atoms with E-state index in [4.69, 9.17) is 4.74 Å². The quantitative estimate of drug-likeness (QED) is 0.565. The standard InChI is InChI=1S/C12H18N4O4/c17-9(7-15-6-8(4-14-15)16(18)19)5-13-11-3-10-1-2-12(11)20-10/h4,6,9-13,17H,1-3,5,7H2. The summed E-state index contributed by atoms with van der Waals surface area (Å²) in [6, 6.07) is 0.315. The van der Waals surface area contributed by atoms with E-state index in [0.29, 0.717) is 18.7 Å². The molecule has 8 heteroatoms. The zero-order valence-corrected chi connectivity index (χ0v) is 11.0. The van der Waals surface area contributed by atoms with Gasteiger partial charge in [-0.15, -0.1) is 0 Å². The Morgan fingerprint density at radius 3 is 3.10 bits per heavy atom. The summed E-state index contributed by atoms with van der Waals surface area (Å²) in [5.41, 5.74) is -0.0633. The van der Waals surface area contributed by atoms with Crippen LogP contribution in [0.25, 0.3) is 0 Å². The number of aliphatic hydroxyl groups is 1. The maximum absolute atomic E-state index is 10.5. The third-order valence-corrected chi connectivity index (χ3v) is 3.95. The Morgan fingerprint density at radius 2 is 2.50 bits per heavy atom. The van der Waals surface area contributed by atoms with Crippen molar-refractivity contribution in [3.8, 4) is 0 Å². The van der Waals surface area contributed by atoms with Crippen LogP contribution < -0.4 is 5.32 Å². The van der Waals surface area contributed by atoms with Crippen LogP contribution in [-0.2, 0) is 11.3 Å². The Morgan fingerprint density at radius 1 is 1.65 bits per heavy atom. The lowest BCUT2D eigenvalue weighted by atomic mass is 9.95. The molecule has 1 aromatic heterocycles. The van der Waals surface area contributed by atoms with E-state index in [-0.39, 0.29) is 18.3 Å². The summed E-state index contributed by atoms with van der Waals surface area (Å²) in [4.78, 5) is 10.0. The largest absolute Gasteiger partial charge is 0.390 e. The topological polar surface area (TPSA) is 102 Å². The SMILES string of the molecule is O=[N+]([O-])c1cnn(CC(O)CNC2CC3CCC2O3)c1. The smallest absolute Gasteiger partial charge is 0.306 e. The molecule has 2 fully saturated rings. The Labute approximate surface area is 115 Å². The molecule has 8 nitrogen and oxygen atoms in total. The van der Waals surface area contributed by atoms with Crippen LogP contribution in [0, 0.1) is 10.1 Å². The van der Waals surface area contributed by atoms with Gasteiger partial charge in [0.25, 0.3) is 0 Å². The number of nitrogens with zero attached hydrogens (tertiary/aromatic N) is 3. The van der Waals surface area contributed by atoms with E-state index in [2.05, 4.69) is 10.4 Å². The highest BCUT2D eigenvalue weighted by atomic mass is 16.6. The summed E-state index contributed by atoms with van der Waals surface area (Å²) in [7, 11) is 0. The zero-order valence-electron chi connectivity index (χ0n) is 11.0. The summed E-state index contributed by atoms with van der Waals surface area (Å²) in [5.74, 6) is 0. The summed E-state index contributed by atoms with van der Waals surface area (Å²) in [5, 5.41) is 27.7. The number of aromatic nitrogens is 2. The molecular formula is C12H18N4O4. The van der Waals surface area contributed by atoms with Gasteiger partial charge in [0.05, 0.1) is 29.8 Å². The van der Waals surface area contributed by atoms with E-state index < -0.39 is 11.0 Å². The minimum absolute atomic E-state index is 0.0633. The molecule has 1 aromatic rings. The molecule has 3 heterocycles. The molecule has 2 saturated heterocycles. The van der Waals surface area contributed by atoms with Gasteiger partial charge >= 0.3 is 5.69 Å². The molecule has 110 valence electrons.